The zero-order chi connectivity index (χ0) is 20.4. The Hall–Kier alpha value is -3.28. The van der Waals surface area contributed by atoms with Gasteiger partial charge in [0.15, 0.2) is 0 Å². The molecule has 0 aliphatic rings. The fourth-order valence-corrected chi connectivity index (χ4v) is 2.54. The summed E-state index contributed by atoms with van der Waals surface area (Å²) in [7, 11) is 2.76. The molecule has 0 heterocycles. The number of anilines is 1. The number of nitrogens with one attached hydrogen (secondary N) is 1. The molecule has 0 aliphatic heterocycles. The van der Waals surface area contributed by atoms with Crippen molar-refractivity contribution in [3.05, 3.63) is 77.8 Å². The van der Waals surface area contributed by atoms with Crippen molar-refractivity contribution in [3.63, 3.8) is 0 Å². The van der Waals surface area contributed by atoms with Crippen LogP contribution in [0.4, 0.5) is 10.1 Å². The third-order valence-corrected chi connectivity index (χ3v) is 3.93. The molecule has 0 saturated heterocycles. The quantitative estimate of drug-likeness (QED) is 0.297. The van der Waals surface area contributed by atoms with Crippen LogP contribution in [0.25, 0.3) is 5.57 Å². The maximum Gasteiger partial charge on any atom is 0.341 e. The largest absolute Gasteiger partial charge is 0.503 e. The Morgan fingerprint density at radius 2 is 1.96 bits per heavy atom. The van der Waals surface area contributed by atoms with Crippen LogP contribution in [0.2, 0.25) is 0 Å². The van der Waals surface area contributed by atoms with Gasteiger partial charge >= 0.3 is 5.97 Å². The zero-order valence-electron chi connectivity index (χ0n) is 16.2. The summed E-state index contributed by atoms with van der Waals surface area (Å²) < 4.78 is 29.8. The number of hydrogen-bond donors (Lipinski definition) is 1. The molecule has 0 saturated carbocycles. The van der Waals surface area contributed by atoms with Gasteiger partial charge in [0.05, 0.1) is 26.2 Å². The van der Waals surface area contributed by atoms with E-state index in [1.807, 2.05) is 31.2 Å². The minimum Gasteiger partial charge on any atom is -0.503 e. The van der Waals surface area contributed by atoms with Gasteiger partial charge in [0, 0.05) is 12.6 Å². The summed E-state index contributed by atoms with van der Waals surface area (Å²) >= 11 is 0. The lowest BCUT2D eigenvalue weighted by Crippen LogP contribution is -2.08. The van der Waals surface area contributed by atoms with E-state index >= 15 is 0 Å². The first-order valence-electron chi connectivity index (χ1n) is 8.77. The van der Waals surface area contributed by atoms with E-state index in [1.54, 1.807) is 24.3 Å². The smallest absolute Gasteiger partial charge is 0.341 e. The predicted octanol–water partition coefficient (Wildman–Crippen LogP) is 4.55. The third kappa shape index (κ3) is 5.61. The molecular weight excluding hydrogens is 361 g/mol. The van der Waals surface area contributed by atoms with Gasteiger partial charge in [-0.05, 0) is 30.2 Å². The lowest BCUT2D eigenvalue weighted by Gasteiger charge is -2.13. The number of rotatable bonds is 9. The Morgan fingerprint density at radius 1 is 1.18 bits per heavy atom. The van der Waals surface area contributed by atoms with Crippen LogP contribution in [-0.2, 0) is 20.9 Å². The van der Waals surface area contributed by atoms with Crippen LogP contribution in [0.1, 0.15) is 18.1 Å². The second-order valence-corrected chi connectivity index (χ2v) is 5.80. The highest BCUT2D eigenvalue weighted by atomic mass is 19.1. The first-order chi connectivity index (χ1) is 13.6. The Bertz CT molecular complexity index is 861. The minimum atomic E-state index is -0.517. The fraction of sp³-hybridized carbons (Fsp3) is 0.227. The average Bonchev–Trinajstić information content (AvgIpc) is 2.72. The number of ether oxygens (including phenoxy) is 3. The van der Waals surface area contributed by atoms with E-state index in [0.29, 0.717) is 23.5 Å². The van der Waals surface area contributed by atoms with Crippen LogP contribution in [0.15, 0.2) is 60.9 Å². The van der Waals surface area contributed by atoms with Gasteiger partial charge in [0.1, 0.15) is 23.7 Å². The van der Waals surface area contributed by atoms with Gasteiger partial charge in [0.2, 0.25) is 0 Å². The molecule has 0 amide bonds. The molecule has 0 spiro atoms. The number of methoxy groups -OCH3 is 2. The van der Waals surface area contributed by atoms with Gasteiger partial charge in [-0.25, -0.2) is 9.18 Å². The van der Waals surface area contributed by atoms with Gasteiger partial charge in [-0.1, -0.05) is 36.4 Å². The Kier molecular flexibility index (Phi) is 8.09. The van der Waals surface area contributed by atoms with Crippen molar-refractivity contribution in [1.82, 2.24) is 0 Å². The second-order valence-electron chi connectivity index (χ2n) is 5.80. The Morgan fingerprint density at radius 3 is 2.64 bits per heavy atom. The normalized spacial score (nSPS) is 11.4. The summed E-state index contributed by atoms with van der Waals surface area (Å²) in [5.41, 5.74) is 2.05. The SMILES string of the molecule is CC=CCNc1ccc(OCc2ccccc2C(=COC)C(=O)OC)cc1F. The minimum absolute atomic E-state index is 0.152. The molecule has 0 fully saturated rings. The standard InChI is InChI=1S/C22H24FNO4/c1-4-5-12-24-21-11-10-17(13-20(21)23)28-14-16-8-6-7-9-18(16)19(15-26-2)22(25)27-3/h4-11,13,15,24H,12,14H2,1-3H3. The molecule has 5 nitrogen and oxygen atoms in total. The molecule has 0 atom stereocenters. The van der Waals surface area contributed by atoms with Crippen molar-refractivity contribution >= 4 is 17.2 Å². The van der Waals surface area contributed by atoms with Crippen molar-refractivity contribution in [2.24, 2.45) is 0 Å². The molecule has 1 N–H and O–H groups in total. The van der Waals surface area contributed by atoms with Gasteiger partial charge in [-0.15, -0.1) is 0 Å². The molecule has 0 unspecified atom stereocenters. The maximum absolute atomic E-state index is 14.2. The molecule has 0 aromatic heterocycles. The van der Waals surface area contributed by atoms with Gasteiger partial charge in [-0.2, -0.15) is 0 Å². The van der Waals surface area contributed by atoms with Gasteiger partial charge in [-0.3, -0.25) is 0 Å². The topological polar surface area (TPSA) is 56.8 Å². The molecule has 0 aliphatic carbocycles. The van der Waals surface area contributed by atoms with Gasteiger partial charge < -0.3 is 19.5 Å². The van der Waals surface area contributed by atoms with E-state index in [-0.39, 0.29) is 12.2 Å². The number of carbonyl (C=O) groups is 1. The zero-order valence-corrected chi connectivity index (χ0v) is 16.2. The first-order valence-corrected chi connectivity index (χ1v) is 8.77. The number of esters is 1. The lowest BCUT2D eigenvalue weighted by atomic mass is 10.0. The van der Waals surface area contributed by atoms with E-state index in [2.05, 4.69) is 5.32 Å². The number of halogens is 1. The van der Waals surface area contributed by atoms with Crippen LogP contribution in [0.5, 0.6) is 5.75 Å². The van der Waals surface area contributed by atoms with E-state index < -0.39 is 11.8 Å². The monoisotopic (exact) mass is 385 g/mol. The summed E-state index contributed by atoms with van der Waals surface area (Å²) in [5.74, 6) is -0.527. The Balaban J connectivity index is 2.16. The number of benzene rings is 2. The molecule has 2 aromatic carbocycles. The van der Waals surface area contributed by atoms with Crippen LogP contribution in [0, 0.1) is 5.82 Å². The van der Waals surface area contributed by atoms with Crippen molar-refractivity contribution in [2.75, 3.05) is 26.1 Å². The Labute approximate surface area is 164 Å². The molecule has 6 heteroatoms. The summed E-state index contributed by atoms with van der Waals surface area (Å²) in [6, 6.07) is 11.9. The van der Waals surface area contributed by atoms with Crippen LogP contribution in [-0.4, -0.2) is 26.7 Å². The highest BCUT2D eigenvalue weighted by Gasteiger charge is 2.17. The summed E-state index contributed by atoms with van der Waals surface area (Å²) in [5, 5.41) is 2.98. The van der Waals surface area contributed by atoms with E-state index in [1.165, 1.54) is 26.5 Å². The molecule has 0 bridgehead atoms. The number of allylic oxidation sites excluding steroid dienone is 1. The van der Waals surface area contributed by atoms with E-state index in [9.17, 15) is 9.18 Å². The van der Waals surface area contributed by atoms with Crippen molar-refractivity contribution in [2.45, 2.75) is 13.5 Å². The molecule has 28 heavy (non-hydrogen) atoms. The van der Waals surface area contributed by atoms with E-state index in [0.717, 1.165) is 5.56 Å². The van der Waals surface area contributed by atoms with Crippen LogP contribution >= 0.6 is 0 Å². The fourth-order valence-electron chi connectivity index (χ4n) is 2.54. The van der Waals surface area contributed by atoms with Crippen molar-refractivity contribution in [1.29, 1.82) is 0 Å². The molecular formula is C22H24FNO4. The van der Waals surface area contributed by atoms with E-state index in [4.69, 9.17) is 14.2 Å². The molecule has 2 rings (SSSR count). The number of carbonyl (C=O) groups excluding carboxylic acids is 1. The molecule has 0 radical (unpaired) electrons. The highest BCUT2D eigenvalue weighted by molar-refractivity contribution is 6.16. The van der Waals surface area contributed by atoms with Crippen molar-refractivity contribution in [3.8, 4) is 5.75 Å². The first kappa shape index (κ1) is 21.0. The average molecular weight is 385 g/mol. The third-order valence-electron chi connectivity index (χ3n) is 3.93. The van der Waals surface area contributed by atoms with Crippen molar-refractivity contribution < 1.29 is 23.4 Å². The summed E-state index contributed by atoms with van der Waals surface area (Å²) in [4.78, 5) is 12.0. The lowest BCUT2D eigenvalue weighted by molar-refractivity contribution is -0.133. The molecule has 148 valence electrons. The maximum atomic E-state index is 14.2. The predicted molar refractivity (Wildman–Crippen MR) is 107 cm³/mol. The number of hydrogen-bond acceptors (Lipinski definition) is 5. The second kappa shape index (κ2) is 10.8. The highest BCUT2D eigenvalue weighted by Crippen LogP contribution is 2.25. The summed E-state index contributed by atoms with van der Waals surface area (Å²) in [6.07, 6.45) is 5.11. The molecule has 2 aromatic rings. The van der Waals surface area contributed by atoms with Gasteiger partial charge in [0.25, 0.3) is 0 Å². The van der Waals surface area contributed by atoms with Crippen LogP contribution < -0.4 is 10.1 Å². The van der Waals surface area contributed by atoms with Crippen LogP contribution in [0.3, 0.4) is 0 Å². The summed E-state index contributed by atoms with van der Waals surface area (Å²) in [6.45, 7) is 2.60.